The van der Waals surface area contributed by atoms with Gasteiger partial charge in [-0.2, -0.15) is 0 Å². The number of ether oxygens (including phenoxy) is 2. The quantitative estimate of drug-likeness (QED) is 0.451. The first-order valence-corrected chi connectivity index (χ1v) is 10.7. The lowest BCUT2D eigenvalue weighted by atomic mass is 10.1. The molecule has 0 aliphatic carbocycles. The molecular formula is C24H31N3O3. The number of amides is 1. The van der Waals surface area contributed by atoms with Crippen LogP contribution >= 0.6 is 0 Å². The van der Waals surface area contributed by atoms with Gasteiger partial charge in [-0.1, -0.05) is 32.4 Å². The van der Waals surface area contributed by atoms with Crippen LogP contribution in [0.4, 0.5) is 16.2 Å². The van der Waals surface area contributed by atoms with Crippen LogP contribution in [0.25, 0.3) is 22.2 Å². The summed E-state index contributed by atoms with van der Waals surface area (Å²) >= 11 is 0. The number of aryl methyl sites for hydroxylation is 1. The topological polar surface area (TPSA) is 78.5 Å². The molecule has 0 aliphatic rings. The highest BCUT2D eigenvalue weighted by Gasteiger charge is 2.18. The Morgan fingerprint density at radius 2 is 1.93 bits per heavy atom. The van der Waals surface area contributed by atoms with E-state index in [2.05, 4.69) is 22.9 Å². The fourth-order valence-electron chi connectivity index (χ4n) is 3.57. The smallest absolute Gasteiger partial charge is 0.411 e. The molecule has 0 spiro atoms. The molecule has 0 bridgehead atoms. The normalized spacial score (nSPS) is 10.9. The molecule has 3 rings (SSSR count). The minimum atomic E-state index is -0.449. The first-order chi connectivity index (χ1) is 14.6. The summed E-state index contributed by atoms with van der Waals surface area (Å²) < 4.78 is 13.1. The Balaban J connectivity index is 2.05. The number of unbranched alkanes of at least 4 members (excludes halogenated alkanes) is 1. The minimum absolute atomic E-state index is 0.395. The molecule has 3 aromatic rings. The molecule has 0 saturated heterocycles. The first-order valence-electron chi connectivity index (χ1n) is 10.7. The number of rotatable bonds is 9. The lowest BCUT2D eigenvalue weighted by Crippen LogP contribution is -2.14. The summed E-state index contributed by atoms with van der Waals surface area (Å²) in [5, 5.41) is 3.80. The lowest BCUT2D eigenvalue weighted by Gasteiger charge is -2.13. The van der Waals surface area contributed by atoms with E-state index in [1.54, 1.807) is 0 Å². The average molecular weight is 410 g/mol. The third-order valence-corrected chi connectivity index (χ3v) is 4.94. The van der Waals surface area contributed by atoms with Gasteiger partial charge in [0.05, 0.1) is 30.1 Å². The standard InChI is InChI=1S/C24H31N3O3/c1-4-7-13-27-21-16-19(29-6-3)11-12-20(21)22(25)23(27)17-9-8-10-18(15-17)26-24(28)30-14-5-2/h8-12,15-16H,4-7,13-14,25H2,1-3H3,(H,26,28). The molecule has 0 radical (unpaired) electrons. The molecule has 0 saturated carbocycles. The fourth-order valence-corrected chi connectivity index (χ4v) is 3.57. The Labute approximate surface area is 178 Å². The maximum atomic E-state index is 12.0. The van der Waals surface area contributed by atoms with Crippen LogP contribution in [0.3, 0.4) is 0 Å². The monoisotopic (exact) mass is 409 g/mol. The Morgan fingerprint density at radius 1 is 1.10 bits per heavy atom. The van der Waals surface area contributed by atoms with E-state index in [1.165, 1.54) is 0 Å². The number of hydrogen-bond acceptors (Lipinski definition) is 4. The maximum Gasteiger partial charge on any atom is 0.411 e. The average Bonchev–Trinajstić information content (AvgIpc) is 3.02. The number of anilines is 2. The number of aromatic nitrogens is 1. The van der Waals surface area contributed by atoms with Gasteiger partial charge in [0.1, 0.15) is 5.75 Å². The van der Waals surface area contributed by atoms with Gasteiger partial charge in [0.2, 0.25) is 0 Å². The van der Waals surface area contributed by atoms with Crippen molar-refractivity contribution < 1.29 is 14.3 Å². The summed E-state index contributed by atoms with van der Waals surface area (Å²) in [4.78, 5) is 12.0. The van der Waals surface area contributed by atoms with Gasteiger partial charge in [0.25, 0.3) is 0 Å². The number of carbonyl (C=O) groups is 1. The molecule has 160 valence electrons. The largest absolute Gasteiger partial charge is 0.494 e. The number of nitrogens with one attached hydrogen (secondary N) is 1. The molecule has 1 heterocycles. The van der Waals surface area contributed by atoms with Crippen molar-refractivity contribution >= 4 is 28.4 Å². The highest BCUT2D eigenvalue weighted by molar-refractivity contribution is 6.02. The molecule has 0 unspecified atom stereocenters. The second kappa shape index (κ2) is 10.1. The highest BCUT2D eigenvalue weighted by atomic mass is 16.5. The Hall–Kier alpha value is -3.15. The third-order valence-electron chi connectivity index (χ3n) is 4.94. The van der Waals surface area contributed by atoms with Crippen molar-refractivity contribution in [2.45, 2.75) is 46.6 Å². The van der Waals surface area contributed by atoms with E-state index in [9.17, 15) is 4.79 Å². The van der Waals surface area contributed by atoms with Crippen LogP contribution in [0, 0.1) is 0 Å². The van der Waals surface area contributed by atoms with Crippen LogP contribution in [-0.4, -0.2) is 23.9 Å². The number of hydrogen-bond donors (Lipinski definition) is 2. The molecular weight excluding hydrogens is 378 g/mol. The van der Waals surface area contributed by atoms with Gasteiger partial charge >= 0.3 is 6.09 Å². The molecule has 6 heteroatoms. The van der Waals surface area contributed by atoms with Crippen LogP contribution < -0.4 is 15.8 Å². The SMILES string of the molecule is CCCCn1c(-c2cccc(NC(=O)OCCC)c2)c(N)c2ccc(OCC)cc21. The van der Waals surface area contributed by atoms with E-state index >= 15 is 0 Å². The van der Waals surface area contributed by atoms with Crippen LogP contribution in [-0.2, 0) is 11.3 Å². The summed E-state index contributed by atoms with van der Waals surface area (Å²) in [7, 11) is 0. The van der Waals surface area contributed by atoms with Gasteiger partial charge in [-0.15, -0.1) is 0 Å². The zero-order chi connectivity index (χ0) is 21.5. The zero-order valence-corrected chi connectivity index (χ0v) is 18.0. The molecule has 1 amide bonds. The van der Waals surface area contributed by atoms with Crippen molar-refractivity contribution in [3.05, 3.63) is 42.5 Å². The van der Waals surface area contributed by atoms with Crippen molar-refractivity contribution in [1.82, 2.24) is 4.57 Å². The van der Waals surface area contributed by atoms with E-state index < -0.39 is 6.09 Å². The van der Waals surface area contributed by atoms with E-state index in [-0.39, 0.29) is 0 Å². The van der Waals surface area contributed by atoms with Gasteiger partial charge in [-0.3, -0.25) is 5.32 Å². The predicted molar refractivity (Wildman–Crippen MR) is 123 cm³/mol. The molecule has 30 heavy (non-hydrogen) atoms. The van der Waals surface area contributed by atoms with Crippen molar-refractivity contribution in [2.75, 3.05) is 24.3 Å². The third kappa shape index (κ3) is 4.70. The van der Waals surface area contributed by atoms with Crippen LogP contribution in [0.15, 0.2) is 42.5 Å². The number of fused-ring (bicyclic) bond motifs is 1. The highest BCUT2D eigenvalue weighted by Crippen LogP contribution is 2.38. The summed E-state index contributed by atoms with van der Waals surface area (Å²) in [5.41, 5.74) is 11.0. The second-order valence-corrected chi connectivity index (χ2v) is 7.22. The van der Waals surface area contributed by atoms with Crippen molar-refractivity contribution in [3.8, 4) is 17.0 Å². The van der Waals surface area contributed by atoms with Gasteiger partial charge in [-0.25, -0.2) is 4.79 Å². The van der Waals surface area contributed by atoms with Gasteiger partial charge in [0, 0.05) is 29.2 Å². The van der Waals surface area contributed by atoms with Gasteiger partial charge < -0.3 is 19.8 Å². The van der Waals surface area contributed by atoms with Crippen LogP contribution in [0.2, 0.25) is 0 Å². The van der Waals surface area contributed by atoms with Crippen molar-refractivity contribution in [1.29, 1.82) is 0 Å². The second-order valence-electron chi connectivity index (χ2n) is 7.22. The van der Waals surface area contributed by atoms with Gasteiger partial charge in [-0.05, 0) is 44.0 Å². The fraction of sp³-hybridized carbons (Fsp3) is 0.375. The molecule has 2 aromatic carbocycles. The number of benzene rings is 2. The molecule has 3 N–H and O–H groups in total. The zero-order valence-electron chi connectivity index (χ0n) is 18.0. The number of carbonyl (C=O) groups excluding carboxylic acids is 1. The summed E-state index contributed by atoms with van der Waals surface area (Å²) in [6, 6.07) is 13.7. The van der Waals surface area contributed by atoms with Crippen LogP contribution in [0.1, 0.15) is 40.0 Å². The number of nitrogens with zero attached hydrogens (tertiary/aromatic N) is 1. The van der Waals surface area contributed by atoms with Crippen LogP contribution in [0.5, 0.6) is 5.75 Å². The number of nitrogen functional groups attached to an aromatic ring is 1. The van der Waals surface area contributed by atoms with Crippen molar-refractivity contribution in [3.63, 3.8) is 0 Å². The molecule has 1 aromatic heterocycles. The molecule has 0 fully saturated rings. The van der Waals surface area contributed by atoms with E-state index in [0.29, 0.717) is 18.9 Å². The number of nitrogens with two attached hydrogens (primary N) is 1. The molecule has 0 aliphatic heterocycles. The van der Waals surface area contributed by atoms with Crippen molar-refractivity contribution in [2.24, 2.45) is 0 Å². The Bertz CT molecular complexity index is 1010. The summed E-state index contributed by atoms with van der Waals surface area (Å²) in [6.45, 7) is 7.97. The summed E-state index contributed by atoms with van der Waals surface area (Å²) in [5.74, 6) is 0.834. The van der Waals surface area contributed by atoms with Gasteiger partial charge in [0.15, 0.2) is 0 Å². The maximum absolute atomic E-state index is 12.0. The Morgan fingerprint density at radius 3 is 2.67 bits per heavy atom. The summed E-state index contributed by atoms with van der Waals surface area (Å²) in [6.07, 6.45) is 2.45. The van der Waals surface area contributed by atoms with E-state index in [1.807, 2.05) is 50.2 Å². The Kier molecular flexibility index (Phi) is 7.22. The van der Waals surface area contributed by atoms with E-state index in [4.69, 9.17) is 15.2 Å². The first kappa shape index (κ1) is 21.6. The van der Waals surface area contributed by atoms with E-state index in [0.717, 1.165) is 59.4 Å². The molecule has 6 nitrogen and oxygen atoms in total. The minimum Gasteiger partial charge on any atom is -0.494 e. The molecule has 0 atom stereocenters. The lowest BCUT2D eigenvalue weighted by molar-refractivity contribution is 0.161. The predicted octanol–water partition coefficient (Wildman–Crippen LogP) is 6.05.